The van der Waals surface area contributed by atoms with Crippen LogP contribution in [0.1, 0.15) is 78.6 Å². The van der Waals surface area contributed by atoms with Crippen LogP contribution in [0.15, 0.2) is 42.6 Å². The summed E-state index contributed by atoms with van der Waals surface area (Å²) >= 11 is 0. The van der Waals surface area contributed by atoms with Crippen LogP contribution in [0.4, 0.5) is 0 Å². The lowest BCUT2D eigenvalue weighted by Crippen LogP contribution is -2.07. The fourth-order valence-corrected chi connectivity index (χ4v) is 3.39. The highest BCUT2D eigenvalue weighted by Gasteiger charge is 2.07. The van der Waals surface area contributed by atoms with Gasteiger partial charge in [0.1, 0.15) is 11.5 Å². The zero-order valence-corrected chi connectivity index (χ0v) is 20.7. The van der Waals surface area contributed by atoms with E-state index < -0.39 is 0 Å². The number of aromatic nitrogens is 1. The van der Waals surface area contributed by atoms with Gasteiger partial charge in [0.2, 0.25) is 0 Å². The largest absolute Gasteiger partial charge is 0.492 e. The SMILES string of the molecule is CCCCCOCCCOc1ccc(-c2ccc(OC(=O)CCCCC(C)CC)cc2)nc1. The minimum atomic E-state index is -0.169. The molecule has 0 fully saturated rings. The second-order valence-corrected chi connectivity index (χ2v) is 8.66. The van der Waals surface area contributed by atoms with Gasteiger partial charge in [-0.25, -0.2) is 0 Å². The summed E-state index contributed by atoms with van der Waals surface area (Å²) in [5.41, 5.74) is 1.82. The van der Waals surface area contributed by atoms with Crippen LogP contribution in [0.2, 0.25) is 0 Å². The summed E-state index contributed by atoms with van der Waals surface area (Å²) in [6.07, 6.45) is 11.0. The van der Waals surface area contributed by atoms with Crippen LogP contribution in [-0.2, 0) is 9.53 Å². The number of pyridine rings is 1. The number of ether oxygens (including phenoxy) is 3. The molecule has 0 N–H and O–H groups in total. The van der Waals surface area contributed by atoms with Crippen molar-refractivity contribution in [2.45, 2.75) is 78.6 Å². The molecule has 5 heteroatoms. The van der Waals surface area contributed by atoms with Gasteiger partial charge in [0.25, 0.3) is 0 Å². The molecule has 0 saturated carbocycles. The predicted molar refractivity (Wildman–Crippen MR) is 134 cm³/mol. The fourth-order valence-electron chi connectivity index (χ4n) is 3.39. The molecule has 1 heterocycles. The number of hydrogen-bond donors (Lipinski definition) is 0. The van der Waals surface area contributed by atoms with E-state index in [2.05, 4.69) is 25.8 Å². The Kier molecular flexibility index (Phi) is 13.2. The highest BCUT2D eigenvalue weighted by Crippen LogP contribution is 2.23. The van der Waals surface area contributed by atoms with Crippen LogP contribution < -0.4 is 9.47 Å². The standard InChI is InChI=1S/C28H41NO4/c1-4-6-9-19-31-20-10-21-32-26-17-18-27(29-22-26)24-13-15-25(16-14-24)33-28(30)12-8-7-11-23(3)5-2/h13-18,22-23H,4-12,19-21H2,1-3H3. The Hall–Kier alpha value is -2.40. The molecule has 0 saturated heterocycles. The van der Waals surface area contributed by atoms with Crippen molar-refractivity contribution in [3.05, 3.63) is 42.6 Å². The van der Waals surface area contributed by atoms with E-state index in [-0.39, 0.29) is 5.97 Å². The molecule has 1 aromatic carbocycles. The molecule has 5 nitrogen and oxygen atoms in total. The molecule has 0 bridgehead atoms. The molecule has 182 valence electrons. The van der Waals surface area contributed by atoms with E-state index in [1.807, 2.05) is 36.4 Å². The lowest BCUT2D eigenvalue weighted by atomic mass is 10.0. The van der Waals surface area contributed by atoms with Crippen molar-refractivity contribution in [2.24, 2.45) is 5.92 Å². The maximum Gasteiger partial charge on any atom is 0.311 e. The summed E-state index contributed by atoms with van der Waals surface area (Å²) < 4.78 is 16.8. The first-order valence-corrected chi connectivity index (χ1v) is 12.6. The molecule has 2 aromatic rings. The Morgan fingerprint density at radius 2 is 1.64 bits per heavy atom. The molecule has 0 aliphatic heterocycles. The molecule has 1 unspecified atom stereocenters. The summed E-state index contributed by atoms with van der Waals surface area (Å²) in [5.74, 6) is 1.88. The molecule has 1 atom stereocenters. The highest BCUT2D eigenvalue weighted by molar-refractivity contribution is 5.72. The lowest BCUT2D eigenvalue weighted by Gasteiger charge is -2.09. The number of unbranched alkanes of at least 4 members (excludes halogenated alkanes) is 3. The maximum atomic E-state index is 12.0. The van der Waals surface area contributed by atoms with E-state index in [1.54, 1.807) is 6.20 Å². The van der Waals surface area contributed by atoms with E-state index in [0.717, 1.165) is 61.8 Å². The van der Waals surface area contributed by atoms with Crippen molar-refractivity contribution in [1.82, 2.24) is 4.98 Å². The molecule has 2 rings (SSSR count). The molecule has 0 aliphatic carbocycles. The molecular weight excluding hydrogens is 414 g/mol. The summed E-state index contributed by atoms with van der Waals surface area (Å²) in [5, 5.41) is 0. The number of nitrogens with zero attached hydrogens (tertiary/aromatic N) is 1. The number of carbonyl (C=O) groups is 1. The van der Waals surface area contributed by atoms with Crippen LogP contribution in [0.25, 0.3) is 11.3 Å². The van der Waals surface area contributed by atoms with Gasteiger partial charge in [-0.2, -0.15) is 0 Å². The highest BCUT2D eigenvalue weighted by atomic mass is 16.5. The van der Waals surface area contributed by atoms with Gasteiger partial charge in [0.05, 0.1) is 18.5 Å². The van der Waals surface area contributed by atoms with Gasteiger partial charge >= 0.3 is 5.97 Å². The van der Waals surface area contributed by atoms with Gasteiger partial charge in [-0.1, -0.05) is 52.9 Å². The zero-order valence-electron chi connectivity index (χ0n) is 20.7. The van der Waals surface area contributed by atoms with E-state index in [9.17, 15) is 4.79 Å². The summed E-state index contributed by atoms with van der Waals surface area (Å²) in [6, 6.07) is 11.3. The van der Waals surface area contributed by atoms with E-state index in [1.165, 1.54) is 25.7 Å². The maximum absolute atomic E-state index is 12.0. The minimum Gasteiger partial charge on any atom is -0.492 e. The third-order valence-electron chi connectivity index (χ3n) is 5.74. The molecule has 0 aliphatic rings. The van der Waals surface area contributed by atoms with Gasteiger partial charge in [0, 0.05) is 31.6 Å². The Balaban J connectivity index is 1.68. The van der Waals surface area contributed by atoms with Crippen LogP contribution >= 0.6 is 0 Å². The quantitative estimate of drug-likeness (QED) is 0.143. The molecule has 0 spiro atoms. The molecule has 1 aromatic heterocycles. The van der Waals surface area contributed by atoms with Gasteiger partial charge in [-0.15, -0.1) is 0 Å². The van der Waals surface area contributed by atoms with Gasteiger partial charge in [-0.05, 0) is 55.2 Å². The molecule has 0 radical (unpaired) electrons. The van der Waals surface area contributed by atoms with E-state index >= 15 is 0 Å². The minimum absolute atomic E-state index is 0.169. The van der Waals surface area contributed by atoms with Crippen molar-refractivity contribution < 1.29 is 19.0 Å². The average molecular weight is 456 g/mol. The number of carbonyl (C=O) groups excluding carboxylic acids is 1. The Morgan fingerprint density at radius 3 is 2.33 bits per heavy atom. The number of hydrogen-bond acceptors (Lipinski definition) is 5. The number of esters is 1. The van der Waals surface area contributed by atoms with E-state index in [0.29, 0.717) is 18.8 Å². The zero-order chi connectivity index (χ0) is 23.7. The average Bonchev–Trinajstić information content (AvgIpc) is 2.84. The van der Waals surface area contributed by atoms with Crippen LogP contribution in [0.5, 0.6) is 11.5 Å². The first-order valence-electron chi connectivity index (χ1n) is 12.6. The first-order chi connectivity index (χ1) is 16.1. The third kappa shape index (κ3) is 11.3. The van der Waals surface area contributed by atoms with Gasteiger partial charge in [-0.3, -0.25) is 9.78 Å². The molecule has 33 heavy (non-hydrogen) atoms. The number of benzene rings is 1. The molecule has 0 amide bonds. The topological polar surface area (TPSA) is 57.7 Å². The monoisotopic (exact) mass is 455 g/mol. The molecular formula is C28H41NO4. The lowest BCUT2D eigenvalue weighted by molar-refractivity contribution is -0.134. The summed E-state index contributed by atoms with van der Waals surface area (Å²) in [4.78, 5) is 16.5. The smallest absolute Gasteiger partial charge is 0.311 e. The van der Waals surface area contributed by atoms with E-state index in [4.69, 9.17) is 14.2 Å². The van der Waals surface area contributed by atoms with Crippen LogP contribution in [0, 0.1) is 5.92 Å². The second-order valence-electron chi connectivity index (χ2n) is 8.66. The van der Waals surface area contributed by atoms with Crippen molar-refractivity contribution >= 4 is 5.97 Å². The van der Waals surface area contributed by atoms with Gasteiger partial charge < -0.3 is 14.2 Å². The van der Waals surface area contributed by atoms with Crippen molar-refractivity contribution in [1.29, 1.82) is 0 Å². The van der Waals surface area contributed by atoms with Crippen molar-refractivity contribution in [2.75, 3.05) is 19.8 Å². The predicted octanol–water partition coefficient (Wildman–Crippen LogP) is 7.24. The normalized spacial score (nSPS) is 11.8. The Labute approximate surface area is 199 Å². The summed E-state index contributed by atoms with van der Waals surface area (Å²) in [7, 11) is 0. The van der Waals surface area contributed by atoms with Crippen LogP contribution in [-0.4, -0.2) is 30.8 Å². The number of rotatable bonds is 17. The van der Waals surface area contributed by atoms with Crippen molar-refractivity contribution in [3.63, 3.8) is 0 Å². The Morgan fingerprint density at radius 1 is 0.879 bits per heavy atom. The third-order valence-corrected chi connectivity index (χ3v) is 5.74. The fraction of sp³-hybridized carbons (Fsp3) is 0.571. The van der Waals surface area contributed by atoms with Crippen molar-refractivity contribution in [3.8, 4) is 22.8 Å². The van der Waals surface area contributed by atoms with Crippen LogP contribution in [0.3, 0.4) is 0 Å². The van der Waals surface area contributed by atoms with Gasteiger partial charge in [0.15, 0.2) is 0 Å². The summed E-state index contributed by atoms with van der Waals surface area (Å²) in [6.45, 7) is 8.82. The first kappa shape index (κ1) is 26.8. The second kappa shape index (κ2) is 16.2. The Bertz CT molecular complexity index is 773.